The van der Waals surface area contributed by atoms with Crippen molar-refractivity contribution in [1.29, 1.82) is 0 Å². The smallest absolute Gasteiger partial charge is 0.0758 e. The zero-order chi connectivity index (χ0) is 14.0. The van der Waals surface area contributed by atoms with E-state index in [0.29, 0.717) is 6.04 Å². The monoisotopic (exact) mass is 407 g/mol. The summed E-state index contributed by atoms with van der Waals surface area (Å²) in [4.78, 5) is 0. The molecule has 19 heavy (non-hydrogen) atoms. The maximum absolute atomic E-state index is 3.73. The first-order valence-electron chi connectivity index (χ1n) is 7.21. The Balaban J connectivity index is 2.18. The Hall–Kier alpha value is 0.620. The third-order valence-electron chi connectivity index (χ3n) is 4.55. The van der Waals surface area contributed by atoms with Crippen LogP contribution in [0.5, 0.6) is 0 Å². The van der Waals surface area contributed by atoms with E-state index in [1.807, 2.05) is 0 Å². The second-order valence-corrected chi connectivity index (χ2v) is 9.59. The van der Waals surface area contributed by atoms with Crippen LogP contribution in [0.3, 0.4) is 0 Å². The number of hydrogen-bond acceptors (Lipinski definition) is 2. The van der Waals surface area contributed by atoms with E-state index in [2.05, 4.69) is 64.0 Å². The SMILES string of the molecule is CCNC(c1cc(Br)sc1Br)C1CCC(C)C(C)C1. The highest BCUT2D eigenvalue weighted by atomic mass is 79.9. The largest absolute Gasteiger partial charge is 0.310 e. The predicted molar refractivity (Wildman–Crippen MR) is 91.8 cm³/mol. The molecule has 1 aliphatic rings. The maximum Gasteiger partial charge on any atom is 0.0758 e. The predicted octanol–water partition coefficient (Wildman–Crippen LogP) is 6.00. The minimum Gasteiger partial charge on any atom is -0.310 e. The molecule has 0 spiro atoms. The fraction of sp³-hybridized carbons (Fsp3) is 0.733. The quantitative estimate of drug-likeness (QED) is 0.644. The first-order valence-corrected chi connectivity index (χ1v) is 9.61. The van der Waals surface area contributed by atoms with Crippen LogP contribution in [0.1, 0.15) is 51.6 Å². The van der Waals surface area contributed by atoms with Gasteiger partial charge in [0.1, 0.15) is 0 Å². The fourth-order valence-corrected chi connectivity index (χ4v) is 6.14. The Kier molecular flexibility index (Phi) is 5.94. The molecule has 1 nitrogen and oxygen atoms in total. The van der Waals surface area contributed by atoms with Crippen molar-refractivity contribution in [3.63, 3.8) is 0 Å². The van der Waals surface area contributed by atoms with Crippen molar-refractivity contribution in [3.8, 4) is 0 Å². The summed E-state index contributed by atoms with van der Waals surface area (Å²) in [5.74, 6) is 2.50. The van der Waals surface area contributed by atoms with Gasteiger partial charge in [-0.1, -0.05) is 27.2 Å². The Bertz CT molecular complexity index is 418. The Labute approximate surface area is 137 Å². The molecule has 1 N–H and O–H groups in total. The van der Waals surface area contributed by atoms with Crippen LogP contribution < -0.4 is 5.32 Å². The summed E-state index contributed by atoms with van der Waals surface area (Å²) >= 11 is 9.12. The molecule has 4 heteroatoms. The van der Waals surface area contributed by atoms with Gasteiger partial charge in [0.05, 0.1) is 7.57 Å². The van der Waals surface area contributed by atoms with Crippen LogP contribution in [0, 0.1) is 17.8 Å². The minimum absolute atomic E-state index is 0.497. The topological polar surface area (TPSA) is 12.0 Å². The summed E-state index contributed by atoms with van der Waals surface area (Å²) < 4.78 is 2.49. The van der Waals surface area contributed by atoms with E-state index >= 15 is 0 Å². The van der Waals surface area contributed by atoms with Crippen LogP contribution in [0.4, 0.5) is 0 Å². The van der Waals surface area contributed by atoms with Crippen molar-refractivity contribution in [2.45, 2.75) is 46.1 Å². The zero-order valence-corrected chi connectivity index (χ0v) is 15.9. The third kappa shape index (κ3) is 3.84. The molecule has 1 aromatic rings. The summed E-state index contributed by atoms with van der Waals surface area (Å²) in [5, 5.41) is 3.71. The first-order chi connectivity index (χ1) is 9.02. The number of hydrogen-bond donors (Lipinski definition) is 1. The van der Waals surface area contributed by atoms with Crippen LogP contribution in [-0.4, -0.2) is 6.54 Å². The van der Waals surface area contributed by atoms with Crippen molar-refractivity contribution >= 4 is 43.2 Å². The molecule has 1 saturated carbocycles. The van der Waals surface area contributed by atoms with Crippen LogP contribution in [0.25, 0.3) is 0 Å². The van der Waals surface area contributed by atoms with E-state index in [0.717, 1.165) is 24.3 Å². The molecule has 1 fully saturated rings. The van der Waals surface area contributed by atoms with E-state index in [1.165, 1.54) is 32.4 Å². The van der Waals surface area contributed by atoms with Gasteiger partial charge in [0, 0.05) is 6.04 Å². The average molecular weight is 409 g/mol. The van der Waals surface area contributed by atoms with Crippen molar-refractivity contribution in [3.05, 3.63) is 19.2 Å². The molecule has 4 unspecified atom stereocenters. The van der Waals surface area contributed by atoms with Gasteiger partial charge in [-0.25, -0.2) is 0 Å². The maximum atomic E-state index is 3.73. The van der Waals surface area contributed by atoms with E-state index in [4.69, 9.17) is 0 Å². The lowest BCUT2D eigenvalue weighted by atomic mass is 9.72. The van der Waals surface area contributed by atoms with Gasteiger partial charge in [-0.15, -0.1) is 11.3 Å². The zero-order valence-electron chi connectivity index (χ0n) is 11.9. The fourth-order valence-electron chi connectivity index (χ4n) is 3.21. The molecule has 108 valence electrons. The van der Waals surface area contributed by atoms with Crippen LogP contribution in [0.2, 0.25) is 0 Å². The lowest BCUT2D eigenvalue weighted by Gasteiger charge is -2.37. The molecule has 0 saturated heterocycles. The van der Waals surface area contributed by atoms with Gasteiger partial charge < -0.3 is 5.32 Å². The molecule has 0 radical (unpaired) electrons. The van der Waals surface area contributed by atoms with E-state index in [9.17, 15) is 0 Å². The van der Waals surface area contributed by atoms with Gasteiger partial charge >= 0.3 is 0 Å². The first kappa shape index (κ1) is 16.0. The summed E-state index contributed by atoms with van der Waals surface area (Å²) in [6, 6.07) is 2.78. The summed E-state index contributed by atoms with van der Waals surface area (Å²) in [5.41, 5.74) is 1.44. The number of thiophene rings is 1. The van der Waals surface area contributed by atoms with Crippen LogP contribution in [-0.2, 0) is 0 Å². The van der Waals surface area contributed by atoms with E-state index in [-0.39, 0.29) is 0 Å². The minimum atomic E-state index is 0.497. The summed E-state index contributed by atoms with van der Waals surface area (Å²) in [6.07, 6.45) is 4.07. The van der Waals surface area contributed by atoms with Crippen molar-refractivity contribution in [2.24, 2.45) is 17.8 Å². The molecule has 0 amide bonds. The van der Waals surface area contributed by atoms with E-state index < -0.39 is 0 Å². The van der Waals surface area contributed by atoms with Gasteiger partial charge in [-0.05, 0) is 80.6 Å². The van der Waals surface area contributed by atoms with Crippen molar-refractivity contribution in [1.82, 2.24) is 5.32 Å². The lowest BCUT2D eigenvalue weighted by molar-refractivity contribution is 0.172. The lowest BCUT2D eigenvalue weighted by Crippen LogP contribution is -2.33. The number of rotatable bonds is 4. The van der Waals surface area contributed by atoms with Crippen LogP contribution >= 0.6 is 43.2 Å². The van der Waals surface area contributed by atoms with Gasteiger partial charge in [0.15, 0.2) is 0 Å². The molecule has 0 bridgehead atoms. The molecule has 4 atom stereocenters. The average Bonchev–Trinajstić information content (AvgIpc) is 2.69. The Morgan fingerprint density at radius 3 is 2.58 bits per heavy atom. The van der Waals surface area contributed by atoms with Crippen molar-refractivity contribution < 1.29 is 0 Å². The molecule has 1 aliphatic carbocycles. The highest BCUT2D eigenvalue weighted by Gasteiger charge is 2.32. The second-order valence-electron chi connectivity index (χ2n) is 5.84. The normalized spacial score (nSPS) is 29.4. The number of nitrogens with one attached hydrogen (secondary N) is 1. The molecule has 1 aromatic heterocycles. The van der Waals surface area contributed by atoms with Crippen molar-refractivity contribution in [2.75, 3.05) is 6.54 Å². The standard InChI is InChI=1S/C15H23Br2NS/c1-4-18-14(12-8-13(16)19-15(12)17)11-6-5-9(2)10(3)7-11/h8-11,14,18H,4-7H2,1-3H3. The highest BCUT2D eigenvalue weighted by Crippen LogP contribution is 2.44. The molecule has 1 heterocycles. The summed E-state index contributed by atoms with van der Waals surface area (Å²) in [6.45, 7) is 8.06. The van der Waals surface area contributed by atoms with Gasteiger partial charge in [0.25, 0.3) is 0 Å². The molecular weight excluding hydrogens is 386 g/mol. The third-order valence-corrected chi connectivity index (χ3v) is 6.94. The summed E-state index contributed by atoms with van der Waals surface area (Å²) in [7, 11) is 0. The van der Waals surface area contributed by atoms with Gasteiger partial charge in [0.2, 0.25) is 0 Å². The van der Waals surface area contributed by atoms with Gasteiger partial charge in [-0.2, -0.15) is 0 Å². The molecule has 2 rings (SSSR count). The Morgan fingerprint density at radius 1 is 1.32 bits per heavy atom. The molecule has 0 aromatic carbocycles. The van der Waals surface area contributed by atoms with E-state index in [1.54, 1.807) is 11.3 Å². The van der Waals surface area contributed by atoms with Gasteiger partial charge in [-0.3, -0.25) is 0 Å². The highest BCUT2D eigenvalue weighted by molar-refractivity contribution is 9.12. The number of halogens is 2. The Morgan fingerprint density at radius 2 is 2.05 bits per heavy atom. The molecular formula is C15H23Br2NS. The second kappa shape index (κ2) is 7.06. The molecule has 0 aliphatic heterocycles. The van der Waals surface area contributed by atoms with Crippen LogP contribution in [0.15, 0.2) is 13.6 Å².